The van der Waals surface area contributed by atoms with Crippen molar-refractivity contribution in [2.24, 2.45) is 0 Å². The fraction of sp³-hybridized carbons (Fsp3) is 0.188. The SMILES string of the molecule is CCCOc1ccc(C#Cc2cnc(Cl)c(Cl)c2)cc1. The molecule has 0 spiro atoms. The molecule has 0 radical (unpaired) electrons. The first-order valence-corrected chi connectivity index (χ1v) is 7.00. The van der Waals surface area contributed by atoms with Crippen LogP contribution in [0.5, 0.6) is 5.75 Å². The largest absolute Gasteiger partial charge is 0.494 e. The van der Waals surface area contributed by atoms with Gasteiger partial charge in [0, 0.05) is 17.3 Å². The number of halogens is 2. The van der Waals surface area contributed by atoms with Gasteiger partial charge in [0.2, 0.25) is 0 Å². The quantitative estimate of drug-likeness (QED) is 0.612. The highest BCUT2D eigenvalue weighted by atomic mass is 35.5. The fourth-order valence-corrected chi connectivity index (χ4v) is 1.76. The van der Waals surface area contributed by atoms with Crippen LogP contribution in [-0.4, -0.2) is 11.6 Å². The molecule has 0 aliphatic heterocycles. The third-order valence-corrected chi connectivity index (χ3v) is 3.16. The molecule has 1 aromatic carbocycles. The van der Waals surface area contributed by atoms with Gasteiger partial charge in [-0.25, -0.2) is 4.98 Å². The van der Waals surface area contributed by atoms with Gasteiger partial charge < -0.3 is 4.74 Å². The van der Waals surface area contributed by atoms with E-state index in [4.69, 9.17) is 27.9 Å². The molecule has 0 unspecified atom stereocenters. The minimum atomic E-state index is 0.287. The molecule has 0 aliphatic rings. The third-order valence-electron chi connectivity index (χ3n) is 2.47. The van der Waals surface area contributed by atoms with Crippen LogP contribution in [-0.2, 0) is 0 Å². The Morgan fingerprint density at radius 3 is 2.45 bits per heavy atom. The standard InChI is InChI=1S/C16H13Cl2NO/c1-2-9-20-14-7-5-12(6-8-14)3-4-13-10-15(17)16(18)19-11-13/h5-8,10-11H,2,9H2,1H3. The molecule has 1 heterocycles. The van der Waals surface area contributed by atoms with E-state index < -0.39 is 0 Å². The van der Waals surface area contributed by atoms with Gasteiger partial charge in [-0.05, 0) is 36.8 Å². The molecule has 20 heavy (non-hydrogen) atoms. The lowest BCUT2D eigenvalue weighted by Gasteiger charge is -2.03. The number of nitrogens with zero attached hydrogens (tertiary/aromatic N) is 1. The summed E-state index contributed by atoms with van der Waals surface area (Å²) in [6, 6.07) is 9.36. The van der Waals surface area contributed by atoms with Gasteiger partial charge in [-0.15, -0.1) is 0 Å². The zero-order valence-corrected chi connectivity index (χ0v) is 12.5. The summed E-state index contributed by atoms with van der Waals surface area (Å²) in [7, 11) is 0. The Hall–Kier alpha value is -1.69. The first-order chi connectivity index (χ1) is 9.69. The second kappa shape index (κ2) is 7.19. The molecule has 4 heteroatoms. The Morgan fingerprint density at radius 1 is 1.10 bits per heavy atom. The molecular weight excluding hydrogens is 293 g/mol. The first kappa shape index (κ1) is 14.7. The summed E-state index contributed by atoms with van der Waals surface area (Å²) in [6.45, 7) is 2.80. The summed E-state index contributed by atoms with van der Waals surface area (Å²) < 4.78 is 5.51. The Labute approximate surface area is 128 Å². The summed E-state index contributed by atoms with van der Waals surface area (Å²) in [4.78, 5) is 3.95. The average molecular weight is 306 g/mol. The van der Waals surface area contributed by atoms with E-state index in [1.54, 1.807) is 12.3 Å². The average Bonchev–Trinajstić information content (AvgIpc) is 2.47. The Balaban J connectivity index is 2.10. The number of aromatic nitrogens is 1. The van der Waals surface area contributed by atoms with Crippen LogP contribution in [0.15, 0.2) is 36.5 Å². The van der Waals surface area contributed by atoms with Gasteiger partial charge in [0.05, 0.1) is 11.6 Å². The van der Waals surface area contributed by atoms with Crippen LogP contribution in [0.3, 0.4) is 0 Å². The Morgan fingerprint density at radius 2 is 1.80 bits per heavy atom. The van der Waals surface area contributed by atoms with E-state index in [1.807, 2.05) is 24.3 Å². The van der Waals surface area contributed by atoms with E-state index in [-0.39, 0.29) is 5.15 Å². The monoisotopic (exact) mass is 305 g/mol. The van der Waals surface area contributed by atoms with Gasteiger partial charge >= 0.3 is 0 Å². The van der Waals surface area contributed by atoms with Crippen molar-refractivity contribution in [3.63, 3.8) is 0 Å². The van der Waals surface area contributed by atoms with E-state index in [0.717, 1.165) is 29.9 Å². The maximum absolute atomic E-state index is 5.89. The van der Waals surface area contributed by atoms with Crippen molar-refractivity contribution in [1.29, 1.82) is 0 Å². The molecule has 0 saturated carbocycles. The smallest absolute Gasteiger partial charge is 0.147 e. The fourth-order valence-electron chi connectivity index (χ4n) is 1.49. The lowest BCUT2D eigenvalue weighted by atomic mass is 10.2. The van der Waals surface area contributed by atoms with Crippen molar-refractivity contribution < 1.29 is 4.74 Å². The maximum atomic E-state index is 5.89. The lowest BCUT2D eigenvalue weighted by molar-refractivity contribution is 0.317. The Bertz CT molecular complexity index is 642. The summed E-state index contributed by atoms with van der Waals surface area (Å²) in [5.41, 5.74) is 1.63. The molecule has 0 atom stereocenters. The van der Waals surface area contributed by atoms with Crippen LogP contribution in [0.4, 0.5) is 0 Å². The molecule has 2 aromatic rings. The zero-order valence-electron chi connectivity index (χ0n) is 11.0. The minimum Gasteiger partial charge on any atom is -0.494 e. The Kier molecular flexibility index (Phi) is 5.29. The molecule has 102 valence electrons. The van der Waals surface area contributed by atoms with Gasteiger partial charge in [0.1, 0.15) is 10.9 Å². The molecule has 2 nitrogen and oxygen atoms in total. The van der Waals surface area contributed by atoms with Gasteiger partial charge in [-0.3, -0.25) is 0 Å². The van der Waals surface area contributed by atoms with E-state index in [1.165, 1.54) is 0 Å². The highest BCUT2D eigenvalue weighted by Crippen LogP contribution is 2.19. The van der Waals surface area contributed by atoms with Crippen LogP contribution in [0.1, 0.15) is 24.5 Å². The highest BCUT2D eigenvalue weighted by Gasteiger charge is 1.98. The molecule has 0 fully saturated rings. The van der Waals surface area contributed by atoms with Gasteiger partial charge in [0.25, 0.3) is 0 Å². The molecular formula is C16H13Cl2NO. The predicted molar refractivity (Wildman–Crippen MR) is 82.5 cm³/mol. The van der Waals surface area contributed by atoms with Crippen molar-refractivity contribution in [3.05, 3.63) is 57.8 Å². The van der Waals surface area contributed by atoms with Crippen LogP contribution in [0.25, 0.3) is 0 Å². The molecule has 0 N–H and O–H groups in total. The number of rotatable bonds is 3. The molecule has 1 aromatic heterocycles. The van der Waals surface area contributed by atoms with Gasteiger partial charge in [-0.2, -0.15) is 0 Å². The topological polar surface area (TPSA) is 22.1 Å². The van der Waals surface area contributed by atoms with E-state index in [9.17, 15) is 0 Å². The van der Waals surface area contributed by atoms with Gasteiger partial charge in [0.15, 0.2) is 0 Å². The van der Waals surface area contributed by atoms with E-state index >= 15 is 0 Å². The maximum Gasteiger partial charge on any atom is 0.147 e. The van der Waals surface area contributed by atoms with Crippen molar-refractivity contribution in [2.75, 3.05) is 6.61 Å². The second-order valence-electron chi connectivity index (χ2n) is 4.12. The molecule has 2 rings (SSSR count). The molecule has 0 aliphatic carbocycles. The van der Waals surface area contributed by atoms with Crippen LogP contribution < -0.4 is 4.74 Å². The summed E-state index contributed by atoms with van der Waals surface area (Å²) in [6.07, 6.45) is 2.59. The van der Waals surface area contributed by atoms with Crippen LogP contribution >= 0.6 is 23.2 Å². The van der Waals surface area contributed by atoms with Gasteiger partial charge in [-0.1, -0.05) is 42.0 Å². The lowest BCUT2D eigenvalue weighted by Crippen LogP contribution is -1.94. The van der Waals surface area contributed by atoms with Crippen molar-refractivity contribution in [3.8, 4) is 17.6 Å². The number of ether oxygens (including phenoxy) is 1. The molecule has 0 saturated heterocycles. The number of benzene rings is 1. The van der Waals surface area contributed by atoms with E-state index in [2.05, 4.69) is 23.7 Å². The third kappa shape index (κ3) is 4.16. The highest BCUT2D eigenvalue weighted by molar-refractivity contribution is 6.41. The summed E-state index contributed by atoms with van der Waals surface area (Å²) in [5, 5.41) is 0.691. The molecule has 0 amide bonds. The number of pyridine rings is 1. The van der Waals surface area contributed by atoms with Crippen molar-refractivity contribution in [1.82, 2.24) is 4.98 Å². The summed E-state index contributed by atoms with van der Waals surface area (Å²) >= 11 is 11.6. The summed E-state index contributed by atoms with van der Waals surface area (Å²) in [5.74, 6) is 6.89. The zero-order chi connectivity index (χ0) is 14.4. The second-order valence-corrected chi connectivity index (χ2v) is 4.88. The molecule has 0 bridgehead atoms. The van der Waals surface area contributed by atoms with Crippen molar-refractivity contribution >= 4 is 23.2 Å². The van der Waals surface area contributed by atoms with Crippen LogP contribution in [0, 0.1) is 11.8 Å². The predicted octanol–water partition coefficient (Wildman–Crippen LogP) is 4.58. The number of hydrogen-bond donors (Lipinski definition) is 0. The number of hydrogen-bond acceptors (Lipinski definition) is 2. The van der Waals surface area contributed by atoms with Crippen molar-refractivity contribution in [2.45, 2.75) is 13.3 Å². The van der Waals surface area contributed by atoms with E-state index in [0.29, 0.717) is 5.02 Å². The minimum absolute atomic E-state index is 0.287. The van der Waals surface area contributed by atoms with Crippen LogP contribution in [0.2, 0.25) is 10.2 Å². The first-order valence-electron chi connectivity index (χ1n) is 6.25. The normalized spacial score (nSPS) is 9.75.